The summed E-state index contributed by atoms with van der Waals surface area (Å²) in [6.07, 6.45) is -0.548. The lowest BCUT2D eigenvalue weighted by molar-refractivity contribution is 0.0281. The van der Waals surface area contributed by atoms with Crippen LogP contribution in [0.3, 0.4) is 0 Å². The molecule has 1 aromatic rings. The number of nitrogens with one attached hydrogen (secondary N) is 1. The number of benzene rings is 1. The number of rotatable bonds is 8. The zero-order valence-electron chi connectivity index (χ0n) is 22.4. The van der Waals surface area contributed by atoms with E-state index in [2.05, 4.69) is 29.4 Å². The number of hydrogen-bond donors (Lipinski definition) is 1. The first-order valence-corrected chi connectivity index (χ1v) is 11.4. The number of amides is 2. The van der Waals surface area contributed by atoms with E-state index in [1.165, 1.54) is 5.56 Å². The Bertz CT molecular complexity index is 684. The maximum absolute atomic E-state index is 11.8. The van der Waals surface area contributed by atoms with E-state index in [4.69, 9.17) is 9.47 Å². The van der Waals surface area contributed by atoms with Crippen LogP contribution in [0.15, 0.2) is 30.3 Å². The van der Waals surface area contributed by atoms with Gasteiger partial charge in [-0.15, -0.1) is 0 Å². The Morgan fingerprint density at radius 2 is 1.24 bits per heavy atom. The molecule has 0 radical (unpaired) electrons. The maximum atomic E-state index is 11.8. The molecule has 1 aromatic carbocycles. The van der Waals surface area contributed by atoms with Gasteiger partial charge >= 0.3 is 12.2 Å². The lowest BCUT2D eigenvalue weighted by atomic mass is 10.2. The van der Waals surface area contributed by atoms with Gasteiger partial charge in [0.1, 0.15) is 11.2 Å². The van der Waals surface area contributed by atoms with Gasteiger partial charge in [0.15, 0.2) is 0 Å². The molecule has 1 N–H and O–H groups in total. The van der Waals surface area contributed by atoms with Crippen molar-refractivity contribution in [2.45, 2.75) is 59.3 Å². The minimum atomic E-state index is -0.443. The van der Waals surface area contributed by atoms with E-state index in [-0.39, 0.29) is 12.2 Å². The quantitative estimate of drug-likeness (QED) is 0.623. The maximum Gasteiger partial charge on any atom is 0.410 e. The lowest BCUT2D eigenvalue weighted by Crippen LogP contribution is -2.38. The number of likely N-dealkylation sites (N-methyl/N-ethyl adjacent to an activating group) is 4. The molecule has 0 aliphatic heterocycles. The van der Waals surface area contributed by atoms with E-state index in [1.54, 1.807) is 23.9 Å². The van der Waals surface area contributed by atoms with Crippen LogP contribution in [0.2, 0.25) is 0 Å². The molecule has 0 aliphatic carbocycles. The third-order valence-corrected chi connectivity index (χ3v) is 4.22. The minimum Gasteiger partial charge on any atom is -0.444 e. The molecule has 0 aliphatic rings. The van der Waals surface area contributed by atoms with Gasteiger partial charge in [-0.05, 0) is 61.2 Å². The Labute approximate surface area is 201 Å². The van der Waals surface area contributed by atoms with Crippen molar-refractivity contribution in [2.75, 3.05) is 54.4 Å². The molecule has 2 amide bonds. The molecule has 0 aromatic heterocycles. The molecule has 8 nitrogen and oxygen atoms in total. The molecule has 0 unspecified atom stereocenters. The third kappa shape index (κ3) is 16.9. The van der Waals surface area contributed by atoms with Crippen LogP contribution in [-0.2, 0) is 16.0 Å². The van der Waals surface area contributed by atoms with E-state index >= 15 is 0 Å². The predicted molar refractivity (Wildman–Crippen MR) is 134 cm³/mol. The first-order valence-electron chi connectivity index (χ1n) is 11.4. The number of ether oxygens (including phenoxy) is 2. The van der Waals surface area contributed by atoms with E-state index in [0.29, 0.717) is 13.1 Å². The van der Waals surface area contributed by atoms with Gasteiger partial charge in [-0.25, -0.2) is 9.59 Å². The van der Waals surface area contributed by atoms with E-state index in [1.807, 2.05) is 66.8 Å². The van der Waals surface area contributed by atoms with Crippen LogP contribution >= 0.6 is 0 Å². The van der Waals surface area contributed by atoms with Crippen LogP contribution < -0.4 is 5.32 Å². The molecule has 0 atom stereocenters. The van der Waals surface area contributed by atoms with Crippen molar-refractivity contribution in [3.8, 4) is 0 Å². The Morgan fingerprint density at radius 1 is 0.788 bits per heavy atom. The normalized spacial score (nSPS) is 11.4. The van der Waals surface area contributed by atoms with Crippen LogP contribution in [0.25, 0.3) is 0 Å². The standard InChI is InChI=1S/C16H26N2O2.C9H20N2O2/c1-16(2,3)20-15(19)18(5)12-11-17(4)13-14-9-7-6-8-10-14;1-9(2,3)13-8(12)11(5)7-6-10-4/h6-10H,11-13H2,1-5H3;10H,6-7H2,1-5H3. The Kier molecular flexibility index (Phi) is 13.7. The van der Waals surface area contributed by atoms with Gasteiger partial charge in [0.2, 0.25) is 0 Å². The van der Waals surface area contributed by atoms with Gasteiger partial charge in [-0.2, -0.15) is 0 Å². The molecule has 33 heavy (non-hydrogen) atoms. The predicted octanol–water partition coefficient (Wildman–Crippen LogP) is 4.06. The largest absolute Gasteiger partial charge is 0.444 e. The monoisotopic (exact) mass is 466 g/mol. The van der Waals surface area contributed by atoms with Gasteiger partial charge in [0, 0.05) is 46.8 Å². The SMILES string of the molecule is CN(CCN(C)C(=O)OC(C)(C)C)Cc1ccccc1.CNCCN(C)C(=O)OC(C)(C)C. The molecule has 190 valence electrons. The summed E-state index contributed by atoms with van der Waals surface area (Å²) in [7, 11) is 7.40. The second kappa shape index (κ2) is 14.8. The molecule has 0 saturated carbocycles. The molecule has 0 spiro atoms. The molecule has 0 saturated heterocycles. The molecular weight excluding hydrogens is 420 g/mol. The van der Waals surface area contributed by atoms with Crippen LogP contribution in [0.5, 0.6) is 0 Å². The third-order valence-electron chi connectivity index (χ3n) is 4.22. The van der Waals surface area contributed by atoms with E-state index in [0.717, 1.165) is 19.6 Å². The molecule has 0 heterocycles. The number of nitrogens with zero attached hydrogens (tertiary/aromatic N) is 3. The first-order chi connectivity index (χ1) is 15.1. The fourth-order valence-corrected chi connectivity index (χ4v) is 2.44. The zero-order chi connectivity index (χ0) is 25.7. The van der Waals surface area contributed by atoms with Gasteiger partial charge in [-0.1, -0.05) is 30.3 Å². The Balaban J connectivity index is 0.000000684. The highest BCUT2D eigenvalue weighted by atomic mass is 16.6. The van der Waals surface area contributed by atoms with Crippen molar-refractivity contribution in [2.24, 2.45) is 0 Å². The number of carbonyl (C=O) groups is 2. The van der Waals surface area contributed by atoms with Crippen molar-refractivity contribution >= 4 is 12.2 Å². The van der Waals surface area contributed by atoms with Crippen LogP contribution in [0.1, 0.15) is 47.1 Å². The number of hydrogen-bond acceptors (Lipinski definition) is 6. The highest BCUT2D eigenvalue weighted by Gasteiger charge is 2.20. The lowest BCUT2D eigenvalue weighted by Gasteiger charge is -2.26. The van der Waals surface area contributed by atoms with Crippen molar-refractivity contribution in [1.82, 2.24) is 20.0 Å². The highest BCUT2D eigenvalue weighted by molar-refractivity contribution is 5.68. The molecule has 1 rings (SSSR count). The van der Waals surface area contributed by atoms with Gasteiger partial charge in [0.25, 0.3) is 0 Å². The summed E-state index contributed by atoms with van der Waals surface area (Å²) in [6.45, 7) is 15.0. The molecule has 8 heteroatoms. The van der Waals surface area contributed by atoms with Crippen molar-refractivity contribution in [1.29, 1.82) is 0 Å². The summed E-state index contributed by atoms with van der Waals surface area (Å²) in [5.41, 5.74) is 0.418. The van der Waals surface area contributed by atoms with Crippen LogP contribution in [0, 0.1) is 0 Å². The summed E-state index contributed by atoms with van der Waals surface area (Å²) in [4.78, 5) is 28.5. The smallest absolute Gasteiger partial charge is 0.410 e. The first kappa shape index (κ1) is 30.7. The average Bonchev–Trinajstić information content (AvgIpc) is 2.68. The van der Waals surface area contributed by atoms with Crippen molar-refractivity contribution in [3.63, 3.8) is 0 Å². The van der Waals surface area contributed by atoms with Crippen molar-refractivity contribution in [3.05, 3.63) is 35.9 Å². The van der Waals surface area contributed by atoms with Crippen molar-refractivity contribution < 1.29 is 19.1 Å². The fraction of sp³-hybridized carbons (Fsp3) is 0.680. The summed E-state index contributed by atoms with van der Waals surface area (Å²) in [5, 5.41) is 2.97. The summed E-state index contributed by atoms with van der Waals surface area (Å²) in [5.74, 6) is 0. The summed E-state index contributed by atoms with van der Waals surface area (Å²) < 4.78 is 10.5. The van der Waals surface area contributed by atoms with Crippen LogP contribution in [-0.4, -0.2) is 92.5 Å². The zero-order valence-corrected chi connectivity index (χ0v) is 22.4. The topological polar surface area (TPSA) is 74.4 Å². The Hall–Kier alpha value is -2.32. The summed E-state index contributed by atoms with van der Waals surface area (Å²) >= 11 is 0. The fourth-order valence-electron chi connectivity index (χ4n) is 2.44. The van der Waals surface area contributed by atoms with E-state index in [9.17, 15) is 9.59 Å². The van der Waals surface area contributed by atoms with Gasteiger partial charge < -0.3 is 29.5 Å². The Morgan fingerprint density at radius 3 is 1.67 bits per heavy atom. The second-order valence-corrected chi connectivity index (χ2v) is 10.1. The highest BCUT2D eigenvalue weighted by Crippen LogP contribution is 2.10. The number of carbonyl (C=O) groups excluding carboxylic acids is 2. The van der Waals surface area contributed by atoms with Gasteiger partial charge in [0.05, 0.1) is 0 Å². The minimum absolute atomic E-state index is 0.273. The summed E-state index contributed by atoms with van der Waals surface area (Å²) in [6, 6.07) is 10.3. The van der Waals surface area contributed by atoms with E-state index < -0.39 is 11.2 Å². The second-order valence-electron chi connectivity index (χ2n) is 10.1. The molecule has 0 bridgehead atoms. The molecule has 0 fully saturated rings. The van der Waals surface area contributed by atoms with Crippen LogP contribution in [0.4, 0.5) is 9.59 Å². The van der Waals surface area contributed by atoms with Gasteiger partial charge in [-0.3, -0.25) is 0 Å². The molecular formula is C25H46N4O4. The average molecular weight is 467 g/mol.